The molecule has 106 valence electrons. The number of ether oxygens (including phenoxy) is 1. The minimum absolute atomic E-state index is 0.0601. The van der Waals surface area contributed by atoms with Gasteiger partial charge in [-0.1, -0.05) is 36.2 Å². The zero-order valence-electron chi connectivity index (χ0n) is 12.8. The van der Waals surface area contributed by atoms with E-state index in [1.165, 1.54) is 23.1 Å². The monoisotopic (exact) mass is 261 g/mol. The molecule has 2 heteroatoms. The number of hydrogen-bond acceptors (Lipinski definition) is 2. The van der Waals surface area contributed by atoms with E-state index in [0.29, 0.717) is 6.04 Å². The highest BCUT2D eigenvalue weighted by atomic mass is 16.5. The number of aryl methyl sites for hydroxylation is 2. The minimum Gasteiger partial charge on any atom is -0.373 e. The first-order chi connectivity index (χ1) is 9.05. The van der Waals surface area contributed by atoms with Crippen LogP contribution in [-0.2, 0) is 4.74 Å². The van der Waals surface area contributed by atoms with E-state index >= 15 is 0 Å². The van der Waals surface area contributed by atoms with E-state index in [2.05, 4.69) is 51.2 Å². The van der Waals surface area contributed by atoms with Crippen molar-refractivity contribution in [2.45, 2.75) is 58.6 Å². The van der Waals surface area contributed by atoms with E-state index in [0.717, 1.165) is 26.0 Å². The third kappa shape index (κ3) is 3.37. The highest BCUT2D eigenvalue weighted by Gasteiger charge is 2.39. The number of nitrogens with one attached hydrogen (secondary N) is 1. The lowest BCUT2D eigenvalue weighted by Crippen LogP contribution is -2.41. The van der Waals surface area contributed by atoms with Gasteiger partial charge in [0.1, 0.15) is 0 Å². The summed E-state index contributed by atoms with van der Waals surface area (Å²) in [7, 11) is 0. The highest BCUT2D eigenvalue weighted by molar-refractivity contribution is 5.32. The fraction of sp³-hybridized carbons (Fsp3) is 0.647. The molecule has 0 amide bonds. The number of hydrogen-bond donors (Lipinski definition) is 1. The molecule has 2 nitrogen and oxygen atoms in total. The molecule has 2 atom stereocenters. The second kappa shape index (κ2) is 6.06. The van der Waals surface area contributed by atoms with Crippen molar-refractivity contribution in [3.63, 3.8) is 0 Å². The van der Waals surface area contributed by atoms with Gasteiger partial charge in [-0.15, -0.1) is 0 Å². The van der Waals surface area contributed by atoms with Gasteiger partial charge in [-0.05, 0) is 52.1 Å². The quantitative estimate of drug-likeness (QED) is 0.867. The van der Waals surface area contributed by atoms with Gasteiger partial charge in [0.25, 0.3) is 0 Å². The molecule has 2 unspecified atom stereocenters. The van der Waals surface area contributed by atoms with Gasteiger partial charge in [0, 0.05) is 6.61 Å². The summed E-state index contributed by atoms with van der Waals surface area (Å²) in [4.78, 5) is 0. The van der Waals surface area contributed by atoms with E-state index in [9.17, 15) is 0 Å². The van der Waals surface area contributed by atoms with E-state index < -0.39 is 0 Å². The van der Waals surface area contributed by atoms with Crippen LogP contribution in [0.25, 0.3) is 0 Å². The van der Waals surface area contributed by atoms with Gasteiger partial charge < -0.3 is 10.1 Å². The Balaban J connectivity index is 2.30. The molecular formula is C17H27NO. The van der Waals surface area contributed by atoms with Crippen LogP contribution in [0, 0.1) is 13.8 Å². The van der Waals surface area contributed by atoms with E-state index in [4.69, 9.17) is 4.74 Å². The molecule has 2 rings (SSSR count). The lowest BCUT2D eigenvalue weighted by molar-refractivity contribution is -0.0124. The van der Waals surface area contributed by atoms with Gasteiger partial charge in [-0.2, -0.15) is 0 Å². The molecule has 19 heavy (non-hydrogen) atoms. The molecule has 0 spiro atoms. The Morgan fingerprint density at radius 1 is 1.26 bits per heavy atom. The average Bonchev–Trinajstić information content (AvgIpc) is 2.76. The Hall–Kier alpha value is -0.860. The predicted molar refractivity (Wildman–Crippen MR) is 80.5 cm³/mol. The molecule has 1 fully saturated rings. The summed E-state index contributed by atoms with van der Waals surface area (Å²) in [6, 6.07) is 7.13. The number of benzene rings is 1. The summed E-state index contributed by atoms with van der Waals surface area (Å²) in [6.45, 7) is 10.7. The molecule has 0 bridgehead atoms. The first-order valence-corrected chi connectivity index (χ1v) is 7.51. The molecule has 1 saturated heterocycles. The molecule has 1 aromatic carbocycles. The highest BCUT2D eigenvalue weighted by Crippen LogP contribution is 2.37. The van der Waals surface area contributed by atoms with Crippen LogP contribution in [0.15, 0.2) is 18.2 Å². The number of rotatable bonds is 5. The van der Waals surface area contributed by atoms with Gasteiger partial charge in [0.05, 0.1) is 11.6 Å². The summed E-state index contributed by atoms with van der Waals surface area (Å²) in [5, 5.41) is 3.70. The van der Waals surface area contributed by atoms with Crippen LogP contribution in [0.4, 0.5) is 0 Å². The summed E-state index contributed by atoms with van der Waals surface area (Å²) in [6.07, 6.45) is 3.46. The standard InChI is InChI=1S/C17H27NO/c1-5-8-18-16(17(4)7-6-9-19-17)15-11-13(2)10-14(3)12-15/h10-12,16,18H,5-9H2,1-4H3. The van der Waals surface area contributed by atoms with Crippen LogP contribution in [-0.4, -0.2) is 18.8 Å². The van der Waals surface area contributed by atoms with Gasteiger partial charge in [-0.25, -0.2) is 0 Å². The topological polar surface area (TPSA) is 21.3 Å². The lowest BCUT2D eigenvalue weighted by Gasteiger charge is -2.35. The van der Waals surface area contributed by atoms with Gasteiger partial charge in [0.2, 0.25) is 0 Å². The smallest absolute Gasteiger partial charge is 0.0849 e. The van der Waals surface area contributed by atoms with Gasteiger partial charge in [0.15, 0.2) is 0 Å². The van der Waals surface area contributed by atoms with Crippen LogP contribution in [0.2, 0.25) is 0 Å². The largest absolute Gasteiger partial charge is 0.373 e. The molecular weight excluding hydrogens is 234 g/mol. The SMILES string of the molecule is CCCNC(c1cc(C)cc(C)c1)C1(C)CCCO1. The third-order valence-corrected chi connectivity index (χ3v) is 4.04. The first kappa shape index (κ1) is 14.5. The van der Waals surface area contributed by atoms with Crippen molar-refractivity contribution in [2.24, 2.45) is 0 Å². The van der Waals surface area contributed by atoms with Crippen molar-refractivity contribution in [3.8, 4) is 0 Å². The summed E-state index contributed by atoms with van der Waals surface area (Å²) < 4.78 is 6.07. The minimum atomic E-state index is -0.0601. The Labute approximate surface area is 117 Å². The Morgan fingerprint density at radius 3 is 2.47 bits per heavy atom. The Kier molecular flexibility index (Phi) is 4.64. The molecule has 1 aliphatic heterocycles. The maximum Gasteiger partial charge on any atom is 0.0849 e. The van der Waals surface area contributed by atoms with E-state index in [-0.39, 0.29) is 5.60 Å². The van der Waals surface area contributed by atoms with Crippen molar-refractivity contribution >= 4 is 0 Å². The zero-order chi connectivity index (χ0) is 13.9. The normalized spacial score (nSPS) is 24.6. The predicted octanol–water partition coefficient (Wildman–Crippen LogP) is 3.91. The average molecular weight is 261 g/mol. The van der Waals surface area contributed by atoms with Crippen LogP contribution in [0.3, 0.4) is 0 Å². The fourth-order valence-electron chi connectivity index (χ4n) is 3.18. The molecule has 1 aliphatic rings. The lowest BCUT2D eigenvalue weighted by atomic mass is 9.86. The second-order valence-corrected chi connectivity index (χ2v) is 6.07. The van der Waals surface area contributed by atoms with Crippen LogP contribution in [0.5, 0.6) is 0 Å². The molecule has 0 aliphatic carbocycles. The Morgan fingerprint density at radius 2 is 1.95 bits per heavy atom. The van der Waals surface area contributed by atoms with Crippen LogP contribution < -0.4 is 5.32 Å². The van der Waals surface area contributed by atoms with Gasteiger partial charge in [-0.3, -0.25) is 0 Å². The maximum absolute atomic E-state index is 6.07. The molecule has 1 N–H and O–H groups in total. The second-order valence-electron chi connectivity index (χ2n) is 6.07. The zero-order valence-corrected chi connectivity index (χ0v) is 12.8. The molecule has 0 aromatic heterocycles. The molecule has 0 saturated carbocycles. The van der Waals surface area contributed by atoms with E-state index in [1.807, 2.05) is 0 Å². The van der Waals surface area contributed by atoms with E-state index in [1.54, 1.807) is 0 Å². The van der Waals surface area contributed by atoms with Gasteiger partial charge >= 0.3 is 0 Å². The summed E-state index contributed by atoms with van der Waals surface area (Å²) >= 11 is 0. The van der Waals surface area contributed by atoms with Crippen molar-refractivity contribution in [1.29, 1.82) is 0 Å². The first-order valence-electron chi connectivity index (χ1n) is 7.51. The third-order valence-electron chi connectivity index (χ3n) is 4.04. The van der Waals surface area contributed by atoms with Crippen LogP contribution >= 0.6 is 0 Å². The Bertz CT molecular complexity index is 401. The maximum atomic E-state index is 6.07. The molecule has 0 radical (unpaired) electrons. The molecule has 1 heterocycles. The van der Waals surface area contributed by atoms with Crippen molar-refractivity contribution in [1.82, 2.24) is 5.32 Å². The summed E-state index contributed by atoms with van der Waals surface area (Å²) in [5.74, 6) is 0. The van der Waals surface area contributed by atoms with Crippen molar-refractivity contribution < 1.29 is 4.74 Å². The fourth-order valence-corrected chi connectivity index (χ4v) is 3.18. The van der Waals surface area contributed by atoms with Crippen LogP contribution in [0.1, 0.15) is 55.8 Å². The molecule has 1 aromatic rings. The summed E-state index contributed by atoms with van der Waals surface area (Å²) in [5.41, 5.74) is 3.98. The van der Waals surface area contributed by atoms with Crippen molar-refractivity contribution in [2.75, 3.05) is 13.2 Å². The van der Waals surface area contributed by atoms with Crippen molar-refractivity contribution in [3.05, 3.63) is 34.9 Å².